The highest BCUT2D eigenvalue weighted by atomic mass is 35.5. The molecule has 2 aliphatic rings. The van der Waals surface area contributed by atoms with Crippen molar-refractivity contribution in [2.24, 2.45) is 0 Å². The van der Waals surface area contributed by atoms with E-state index in [1.807, 2.05) is 30.3 Å². The summed E-state index contributed by atoms with van der Waals surface area (Å²) in [7, 11) is 1.69. The van der Waals surface area contributed by atoms with E-state index >= 15 is 0 Å². The number of benzene rings is 3. The lowest BCUT2D eigenvalue weighted by Crippen LogP contribution is -2.47. The number of ether oxygens (including phenoxy) is 1. The number of anilines is 3. The van der Waals surface area contributed by atoms with Gasteiger partial charge in [0.1, 0.15) is 5.75 Å². The van der Waals surface area contributed by atoms with Crippen molar-refractivity contribution in [2.75, 3.05) is 48.4 Å². The fourth-order valence-corrected chi connectivity index (χ4v) is 4.66. The molecule has 3 aromatic carbocycles. The molecule has 0 unspecified atom stereocenters. The highest BCUT2D eigenvalue weighted by Gasteiger charge is 2.28. The molecule has 36 heavy (non-hydrogen) atoms. The van der Waals surface area contributed by atoms with Gasteiger partial charge in [0.15, 0.2) is 0 Å². The smallest absolute Gasteiger partial charge is 0.255 e. The molecule has 1 saturated carbocycles. The number of para-hydroxylation sites is 2. The number of methoxy groups -OCH3 is 1. The van der Waals surface area contributed by atoms with E-state index in [-0.39, 0.29) is 17.9 Å². The van der Waals surface area contributed by atoms with Crippen LogP contribution in [0.15, 0.2) is 66.7 Å². The molecule has 1 aliphatic heterocycles. The molecule has 0 radical (unpaired) electrons. The van der Waals surface area contributed by atoms with Gasteiger partial charge in [-0.3, -0.25) is 9.59 Å². The van der Waals surface area contributed by atoms with Crippen LogP contribution in [0.25, 0.3) is 0 Å². The van der Waals surface area contributed by atoms with Gasteiger partial charge in [0.05, 0.1) is 18.4 Å². The zero-order chi connectivity index (χ0) is 25.1. The Balaban J connectivity index is 1.35. The van der Waals surface area contributed by atoms with E-state index in [1.165, 1.54) is 0 Å². The molecule has 2 fully saturated rings. The molecule has 0 bridgehead atoms. The molecule has 0 aromatic heterocycles. The number of piperazine rings is 1. The second-order valence-electron chi connectivity index (χ2n) is 9.09. The number of rotatable bonds is 7. The van der Waals surface area contributed by atoms with Crippen molar-refractivity contribution < 1.29 is 14.3 Å². The van der Waals surface area contributed by atoms with E-state index in [9.17, 15) is 9.59 Å². The van der Waals surface area contributed by atoms with Crippen molar-refractivity contribution in [3.05, 3.63) is 82.9 Å². The van der Waals surface area contributed by atoms with Crippen molar-refractivity contribution in [2.45, 2.75) is 18.9 Å². The zero-order valence-electron chi connectivity index (χ0n) is 20.2. The number of amides is 2. The van der Waals surface area contributed by atoms with Gasteiger partial charge in [0, 0.05) is 54.2 Å². The summed E-state index contributed by atoms with van der Waals surface area (Å²) in [6.45, 7) is 3.13. The van der Waals surface area contributed by atoms with Crippen molar-refractivity contribution in [1.29, 1.82) is 0 Å². The van der Waals surface area contributed by atoms with Crippen molar-refractivity contribution in [3.63, 3.8) is 0 Å². The van der Waals surface area contributed by atoms with Gasteiger partial charge in [-0.2, -0.15) is 0 Å². The van der Waals surface area contributed by atoms with Crippen molar-refractivity contribution in [1.82, 2.24) is 5.32 Å². The van der Waals surface area contributed by atoms with Gasteiger partial charge in [-0.05, 0) is 61.4 Å². The SMILES string of the molecule is COc1ccccc1N1CCN(c2ccc(NC(=O)c3cccc(Cl)c3)cc2C(=O)NC2CC2)CC1. The van der Waals surface area contributed by atoms with E-state index in [0.29, 0.717) is 21.8 Å². The Morgan fingerprint density at radius 1 is 0.861 bits per heavy atom. The molecule has 1 heterocycles. The minimum Gasteiger partial charge on any atom is -0.495 e. The number of hydrogen-bond donors (Lipinski definition) is 2. The normalized spacial score (nSPS) is 15.4. The molecule has 7 nitrogen and oxygen atoms in total. The van der Waals surface area contributed by atoms with E-state index < -0.39 is 0 Å². The van der Waals surface area contributed by atoms with Gasteiger partial charge < -0.3 is 25.2 Å². The highest BCUT2D eigenvalue weighted by molar-refractivity contribution is 6.31. The first-order valence-electron chi connectivity index (χ1n) is 12.2. The predicted molar refractivity (Wildman–Crippen MR) is 144 cm³/mol. The van der Waals surface area contributed by atoms with Crippen LogP contribution >= 0.6 is 11.6 Å². The highest BCUT2D eigenvalue weighted by Crippen LogP contribution is 2.31. The fraction of sp³-hybridized carbons (Fsp3) is 0.286. The molecule has 2 amide bonds. The third kappa shape index (κ3) is 5.41. The van der Waals surface area contributed by atoms with Crippen LogP contribution in [0, 0.1) is 0 Å². The van der Waals surface area contributed by atoms with Gasteiger partial charge in [-0.25, -0.2) is 0 Å². The lowest BCUT2D eigenvalue weighted by molar-refractivity contribution is 0.0950. The van der Waals surface area contributed by atoms with E-state index in [1.54, 1.807) is 37.4 Å². The summed E-state index contributed by atoms with van der Waals surface area (Å²) < 4.78 is 5.54. The van der Waals surface area contributed by atoms with Crippen LogP contribution in [0.1, 0.15) is 33.6 Å². The lowest BCUT2D eigenvalue weighted by atomic mass is 10.1. The largest absolute Gasteiger partial charge is 0.495 e. The topological polar surface area (TPSA) is 73.9 Å². The summed E-state index contributed by atoms with van der Waals surface area (Å²) in [5, 5.41) is 6.49. The van der Waals surface area contributed by atoms with Gasteiger partial charge in [-0.15, -0.1) is 0 Å². The van der Waals surface area contributed by atoms with Crippen molar-refractivity contribution >= 4 is 40.5 Å². The first kappa shape index (κ1) is 24.0. The Kier molecular flexibility index (Phi) is 7.00. The number of nitrogens with zero attached hydrogens (tertiary/aromatic N) is 2. The average molecular weight is 505 g/mol. The Bertz CT molecular complexity index is 1270. The predicted octanol–water partition coefficient (Wildman–Crippen LogP) is 4.82. The Morgan fingerprint density at radius 2 is 1.58 bits per heavy atom. The second kappa shape index (κ2) is 10.5. The number of hydrogen-bond acceptors (Lipinski definition) is 5. The van der Waals surface area contributed by atoms with Crippen LogP contribution < -0.4 is 25.2 Å². The summed E-state index contributed by atoms with van der Waals surface area (Å²) >= 11 is 6.04. The standard InChI is InChI=1S/C28H29ClN4O3/c1-36-26-8-3-2-7-25(26)33-15-13-32(14-16-33)24-12-11-22(18-23(24)28(35)30-21-9-10-21)31-27(34)19-5-4-6-20(29)17-19/h2-8,11-12,17-18,21H,9-10,13-16H2,1H3,(H,30,35)(H,31,34). The quantitative estimate of drug-likeness (QED) is 0.482. The third-order valence-corrected chi connectivity index (χ3v) is 6.78. The Hall–Kier alpha value is -3.71. The summed E-state index contributed by atoms with van der Waals surface area (Å²) in [5.41, 5.74) is 3.54. The molecule has 2 N–H and O–H groups in total. The molecular weight excluding hydrogens is 476 g/mol. The molecule has 1 saturated heterocycles. The van der Waals surface area contributed by atoms with Crippen LogP contribution in [0.2, 0.25) is 5.02 Å². The van der Waals surface area contributed by atoms with E-state index in [2.05, 4.69) is 26.5 Å². The summed E-state index contributed by atoms with van der Waals surface area (Å²) in [6, 6.07) is 20.6. The Labute approximate surface area is 216 Å². The molecule has 3 aromatic rings. The van der Waals surface area contributed by atoms with E-state index in [0.717, 1.165) is 56.1 Å². The van der Waals surface area contributed by atoms with Gasteiger partial charge >= 0.3 is 0 Å². The second-order valence-corrected chi connectivity index (χ2v) is 9.53. The maximum atomic E-state index is 13.2. The van der Waals surface area contributed by atoms with Gasteiger partial charge in [-0.1, -0.05) is 29.8 Å². The average Bonchev–Trinajstić information content (AvgIpc) is 3.73. The van der Waals surface area contributed by atoms with Crippen LogP contribution in [0.5, 0.6) is 5.75 Å². The summed E-state index contributed by atoms with van der Waals surface area (Å²) in [6.07, 6.45) is 2.01. The van der Waals surface area contributed by atoms with Crippen LogP contribution in [0.4, 0.5) is 17.1 Å². The lowest BCUT2D eigenvalue weighted by Gasteiger charge is -2.38. The maximum Gasteiger partial charge on any atom is 0.255 e. The number of carbonyl (C=O) groups is 2. The van der Waals surface area contributed by atoms with Gasteiger partial charge in [0.2, 0.25) is 0 Å². The number of carbonyl (C=O) groups excluding carboxylic acids is 2. The Morgan fingerprint density at radius 3 is 2.28 bits per heavy atom. The molecule has 1 aliphatic carbocycles. The molecule has 5 rings (SSSR count). The monoisotopic (exact) mass is 504 g/mol. The van der Waals surface area contributed by atoms with E-state index in [4.69, 9.17) is 16.3 Å². The molecule has 0 atom stereocenters. The van der Waals surface area contributed by atoms with Crippen molar-refractivity contribution in [3.8, 4) is 5.75 Å². The minimum absolute atomic E-state index is 0.112. The molecule has 8 heteroatoms. The molecule has 0 spiro atoms. The maximum absolute atomic E-state index is 13.2. The first-order valence-corrected chi connectivity index (χ1v) is 12.5. The summed E-state index contributed by atoms with van der Waals surface area (Å²) in [4.78, 5) is 30.5. The number of nitrogens with one attached hydrogen (secondary N) is 2. The minimum atomic E-state index is -0.274. The fourth-order valence-electron chi connectivity index (χ4n) is 4.47. The van der Waals surface area contributed by atoms with Crippen LogP contribution in [-0.4, -0.2) is 51.1 Å². The third-order valence-electron chi connectivity index (χ3n) is 6.54. The zero-order valence-corrected chi connectivity index (χ0v) is 20.9. The first-order chi connectivity index (χ1) is 17.5. The summed E-state index contributed by atoms with van der Waals surface area (Å²) in [5.74, 6) is 0.470. The van der Waals surface area contributed by atoms with Crippen LogP contribution in [0.3, 0.4) is 0 Å². The molecule has 186 valence electrons. The van der Waals surface area contributed by atoms with Gasteiger partial charge in [0.25, 0.3) is 11.8 Å². The molecular formula is C28H29ClN4O3. The van der Waals surface area contributed by atoms with Crippen LogP contribution in [-0.2, 0) is 0 Å². The number of halogens is 1.